The zero-order valence-electron chi connectivity index (χ0n) is 6.35. The van der Waals surface area contributed by atoms with E-state index in [1.54, 1.807) is 0 Å². The van der Waals surface area contributed by atoms with E-state index in [4.69, 9.17) is 0 Å². The van der Waals surface area contributed by atoms with E-state index >= 15 is 0 Å². The summed E-state index contributed by atoms with van der Waals surface area (Å²) in [5.74, 6) is 0.553. The van der Waals surface area contributed by atoms with Gasteiger partial charge >= 0.3 is 0 Å². The van der Waals surface area contributed by atoms with Crippen LogP contribution in [0.5, 0.6) is 0 Å². The van der Waals surface area contributed by atoms with Crippen LogP contribution in [0, 0.1) is 5.92 Å². The van der Waals surface area contributed by atoms with Crippen molar-refractivity contribution in [3.05, 3.63) is 0 Å². The lowest BCUT2D eigenvalue weighted by molar-refractivity contribution is -0.0923. The predicted octanol–water partition coefficient (Wildman–Crippen LogP) is 1.95. The SMILES string of the molecule is CCCC1(O)CCC1C. The van der Waals surface area contributed by atoms with E-state index in [9.17, 15) is 5.11 Å². The fraction of sp³-hybridized carbons (Fsp3) is 1.00. The van der Waals surface area contributed by atoms with Gasteiger partial charge in [0.1, 0.15) is 0 Å². The van der Waals surface area contributed by atoms with Crippen LogP contribution in [0.25, 0.3) is 0 Å². The Balaban J connectivity index is 2.34. The minimum Gasteiger partial charge on any atom is -0.390 e. The fourth-order valence-electron chi connectivity index (χ4n) is 1.57. The number of aliphatic hydroxyl groups is 1. The predicted molar refractivity (Wildman–Crippen MR) is 38.3 cm³/mol. The van der Waals surface area contributed by atoms with E-state index in [2.05, 4.69) is 13.8 Å². The third-order valence-corrected chi connectivity index (χ3v) is 2.61. The van der Waals surface area contributed by atoms with E-state index in [1.165, 1.54) is 6.42 Å². The van der Waals surface area contributed by atoms with E-state index < -0.39 is 0 Å². The average Bonchev–Trinajstić information content (AvgIpc) is 1.86. The Morgan fingerprint density at radius 1 is 1.67 bits per heavy atom. The minimum atomic E-state index is -0.269. The number of rotatable bonds is 2. The molecule has 0 aliphatic heterocycles. The molecule has 1 aliphatic rings. The van der Waals surface area contributed by atoms with E-state index in [1.807, 2.05) is 0 Å². The Kier molecular flexibility index (Phi) is 1.80. The Morgan fingerprint density at radius 3 is 2.44 bits per heavy atom. The molecule has 1 heteroatoms. The summed E-state index contributed by atoms with van der Waals surface area (Å²) in [5.41, 5.74) is -0.269. The second kappa shape index (κ2) is 2.30. The summed E-state index contributed by atoms with van der Waals surface area (Å²) < 4.78 is 0. The molecule has 1 rings (SSSR count). The smallest absolute Gasteiger partial charge is 0.0673 e. The van der Waals surface area contributed by atoms with Crippen molar-refractivity contribution in [3.63, 3.8) is 0 Å². The molecule has 0 aromatic carbocycles. The first kappa shape index (κ1) is 7.07. The molecule has 1 aliphatic carbocycles. The van der Waals surface area contributed by atoms with Crippen LogP contribution < -0.4 is 0 Å². The second-order valence-electron chi connectivity index (χ2n) is 3.29. The molecule has 1 fully saturated rings. The van der Waals surface area contributed by atoms with Crippen molar-refractivity contribution in [2.75, 3.05) is 0 Å². The molecule has 0 spiro atoms. The van der Waals surface area contributed by atoms with Crippen LogP contribution in [0.3, 0.4) is 0 Å². The first-order chi connectivity index (χ1) is 4.19. The Morgan fingerprint density at radius 2 is 2.33 bits per heavy atom. The van der Waals surface area contributed by atoms with Crippen LogP contribution >= 0.6 is 0 Å². The van der Waals surface area contributed by atoms with Gasteiger partial charge in [-0.25, -0.2) is 0 Å². The highest BCUT2D eigenvalue weighted by molar-refractivity contribution is 4.92. The summed E-state index contributed by atoms with van der Waals surface area (Å²) in [5, 5.41) is 9.68. The molecule has 2 atom stereocenters. The van der Waals surface area contributed by atoms with Gasteiger partial charge in [0.2, 0.25) is 0 Å². The Hall–Kier alpha value is -0.0400. The molecule has 0 heterocycles. The largest absolute Gasteiger partial charge is 0.390 e. The lowest BCUT2D eigenvalue weighted by Crippen LogP contribution is -2.45. The summed E-state index contributed by atoms with van der Waals surface area (Å²) >= 11 is 0. The van der Waals surface area contributed by atoms with Gasteiger partial charge in [0, 0.05) is 0 Å². The molecule has 0 radical (unpaired) electrons. The number of hydrogen-bond donors (Lipinski definition) is 1. The zero-order valence-corrected chi connectivity index (χ0v) is 6.35. The first-order valence-corrected chi connectivity index (χ1v) is 3.91. The summed E-state index contributed by atoms with van der Waals surface area (Å²) in [6, 6.07) is 0. The van der Waals surface area contributed by atoms with Gasteiger partial charge in [0.25, 0.3) is 0 Å². The second-order valence-corrected chi connectivity index (χ2v) is 3.29. The molecule has 9 heavy (non-hydrogen) atoms. The fourth-order valence-corrected chi connectivity index (χ4v) is 1.57. The molecule has 0 aromatic heterocycles. The normalized spacial score (nSPS) is 42.3. The van der Waals surface area contributed by atoms with Crippen LogP contribution in [0.4, 0.5) is 0 Å². The third kappa shape index (κ3) is 1.11. The third-order valence-electron chi connectivity index (χ3n) is 2.61. The van der Waals surface area contributed by atoms with Crippen LogP contribution in [0.15, 0.2) is 0 Å². The monoisotopic (exact) mass is 128 g/mol. The van der Waals surface area contributed by atoms with E-state index in [0.717, 1.165) is 19.3 Å². The van der Waals surface area contributed by atoms with Crippen LogP contribution in [-0.2, 0) is 0 Å². The van der Waals surface area contributed by atoms with Crippen molar-refractivity contribution in [2.24, 2.45) is 5.92 Å². The van der Waals surface area contributed by atoms with Crippen molar-refractivity contribution in [1.29, 1.82) is 0 Å². The molecule has 0 amide bonds. The van der Waals surface area contributed by atoms with Gasteiger partial charge in [-0.1, -0.05) is 20.3 Å². The van der Waals surface area contributed by atoms with Gasteiger partial charge in [-0.2, -0.15) is 0 Å². The summed E-state index contributed by atoms with van der Waals surface area (Å²) in [7, 11) is 0. The van der Waals surface area contributed by atoms with Gasteiger partial charge < -0.3 is 5.11 Å². The molecule has 1 saturated carbocycles. The first-order valence-electron chi connectivity index (χ1n) is 3.91. The molecule has 2 unspecified atom stereocenters. The highest BCUT2D eigenvalue weighted by atomic mass is 16.3. The number of hydrogen-bond acceptors (Lipinski definition) is 1. The van der Waals surface area contributed by atoms with Gasteiger partial charge in [0.15, 0.2) is 0 Å². The summed E-state index contributed by atoms with van der Waals surface area (Å²) in [6.07, 6.45) is 4.35. The topological polar surface area (TPSA) is 20.2 Å². The maximum atomic E-state index is 9.68. The standard InChI is InChI=1S/C8H16O/c1-3-5-8(9)6-4-7(8)2/h7,9H,3-6H2,1-2H3. The molecular weight excluding hydrogens is 112 g/mol. The minimum absolute atomic E-state index is 0.269. The zero-order chi connectivity index (χ0) is 6.91. The van der Waals surface area contributed by atoms with Crippen LogP contribution in [0.2, 0.25) is 0 Å². The molecule has 1 nitrogen and oxygen atoms in total. The lowest BCUT2D eigenvalue weighted by Gasteiger charge is -2.43. The molecular formula is C8H16O. The van der Waals surface area contributed by atoms with Gasteiger partial charge in [0.05, 0.1) is 5.60 Å². The maximum absolute atomic E-state index is 9.68. The van der Waals surface area contributed by atoms with Crippen LogP contribution in [0.1, 0.15) is 39.5 Å². The Labute approximate surface area is 57.1 Å². The lowest BCUT2D eigenvalue weighted by atomic mass is 9.68. The summed E-state index contributed by atoms with van der Waals surface area (Å²) in [4.78, 5) is 0. The van der Waals surface area contributed by atoms with E-state index in [-0.39, 0.29) is 5.60 Å². The van der Waals surface area contributed by atoms with Crippen molar-refractivity contribution in [1.82, 2.24) is 0 Å². The van der Waals surface area contributed by atoms with Crippen molar-refractivity contribution < 1.29 is 5.11 Å². The molecule has 54 valence electrons. The molecule has 0 aromatic rings. The quantitative estimate of drug-likeness (QED) is 0.602. The van der Waals surface area contributed by atoms with Gasteiger partial charge in [-0.15, -0.1) is 0 Å². The Bertz CT molecular complexity index is 101. The van der Waals surface area contributed by atoms with Crippen molar-refractivity contribution in [3.8, 4) is 0 Å². The highest BCUT2D eigenvalue weighted by Gasteiger charge is 2.40. The van der Waals surface area contributed by atoms with Crippen LogP contribution in [-0.4, -0.2) is 10.7 Å². The van der Waals surface area contributed by atoms with Gasteiger partial charge in [-0.05, 0) is 25.2 Å². The highest BCUT2D eigenvalue weighted by Crippen LogP contribution is 2.41. The molecule has 0 saturated heterocycles. The van der Waals surface area contributed by atoms with Gasteiger partial charge in [-0.3, -0.25) is 0 Å². The van der Waals surface area contributed by atoms with Crippen molar-refractivity contribution in [2.45, 2.75) is 45.1 Å². The maximum Gasteiger partial charge on any atom is 0.0673 e. The average molecular weight is 128 g/mol. The summed E-state index contributed by atoms with van der Waals surface area (Å²) in [6.45, 7) is 4.27. The molecule has 0 bridgehead atoms. The van der Waals surface area contributed by atoms with E-state index in [0.29, 0.717) is 5.92 Å². The van der Waals surface area contributed by atoms with Crippen molar-refractivity contribution >= 4 is 0 Å². The molecule has 1 N–H and O–H groups in total.